The van der Waals surface area contributed by atoms with Crippen LogP contribution in [0.3, 0.4) is 0 Å². The molecule has 2 rings (SSSR count). The number of nitrogens with zero attached hydrogens (tertiary/aromatic N) is 2. The zero-order valence-electron chi connectivity index (χ0n) is 10.9. The van der Waals surface area contributed by atoms with Gasteiger partial charge in [-0.3, -0.25) is 4.79 Å². The van der Waals surface area contributed by atoms with Gasteiger partial charge in [-0.05, 0) is 32.6 Å². The van der Waals surface area contributed by atoms with Gasteiger partial charge in [0.15, 0.2) is 0 Å². The number of hydrogen-bond donors (Lipinski definition) is 1. The summed E-state index contributed by atoms with van der Waals surface area (Å²) in [6.45, 7) is 4.60. The van der Waals surface area contributed by atoms with Crippen LogP contribution in [-0.4, -0.2) is 39.6 Å². The van der Waals surface area contributed by atoms with Crippen molar-refractivity contribution in [2.24, 2.45) is 0 Å². The van der Waals surface area contributed by atoms with Crippen LogP contribution >= 0.6 is 11.3 Å². The molecule has 1 fully saturated rings. The fourth-order valence-corrected chi connectivity index (χ4v) is 3.40. The number of aliphatic hydroxyl groups excluding tert-OH is 1. The Morgan fingerprint density at radius 3 is 3.17 bits per heavy atom. The van der Waals surface area contributed by atoms with Crippen molar-refractivity contribution in [3.05, 3.63) is 16.1 Å². The predicted molar refractivity (Wildman–Crippen MR) is 71.8 cm³/mol. The largest absolute Gasteiger partial charge is 0.393 e. The maximum absolute atomic E-state index is 12.5. The first-order valence-electron chi connectivity index (χ1n) is 6.54. The molecule has 2 heterocycles. The van der Waals surface area contributed by atoms with Gasteiger partial charge in [-0.25, -0.2) is 4.98 Å². The molecule has 0 bridgehead atoms. The van der Waals surface area contributed by atoms with E-state index in [1.165, 1.54) is 11.3 Å². The summed E-state index contributed by atoms with van der Waals surface area (Å²) in [5, 5.41) is 9.50. The molecule has 1 amide bonds. The molecule has 0 aromatic carbocycles. The molecule has 0 saturated carbocycles. The van der Waals surface area contributed by atoms with Gasteiger partial charge in [0.1, 0.15) is 4.88 Å². The molecule has 1 aromatic rings. The SMILES string of the molecule is CCc1ncsc1C(=O)N1CCCC1CC(C)O. The van der Waals surface area contributed by atoms with Crippen molar-refractivity contribution < 1.29 is 9.90 Å². The number of thiazole rings is 1. The number of aromatic nitrogens is 1. The number of aryl methyl sites for hydroxylation is 1. The van der Waals surface area contributed by atoms with Gasteiger partial charge in [-0.1, -0.05) is 6.92 Å². The lowest BCUT2D eigenvalue weighted by molar-refractivity contribution is 0.0685. The molecule has 0 spiro atoms. The van der Waals surface area contributed by atoms with Crippen molar-refractivity contribution in [1.82, 2.24) is 9.88 Å². The van der Waals surface area contributed by atoms with E-state index in [4.69, 9.17) is 0 Å². The molecule has 5 heteroatoms. The fraction of sp³-hybridized carbons (Fsp3) is 0.692. The number of aliphatic hydroxyl groups is 1. The predicted octanol–water partition coefficient (Wildman–Crippen LogP) is 2.08. The van der Waals surface area contributed by atoms with Crippen molar-refractivity contribution in [2.75, 3.05) is 6.54 Å². The Labute approximate surface area is 112 Å². The zero-order chi connectivity index (χ0) is 13.1. The van der Waals surface area contributed by atoms with Crippen LogP contribution in [0.5, 0.6) is 0 Å². The van der Waals surface area contributed by atoms with Crippen LogP contribution in [-0.2, 0) is 6.42 Å². The van der Waals surface area contributed by atoms with Crippen LogP contribution in [0.15, 0.2) is 5.51 Å². The summed E-state index contributed by atoms with van der Waals surface area (Å²) in [5.74, 6) is 0.0949. The molecular weight excluding hydrogens is 248 g/mol. The minimum absolute atomic E-state index is 0.0949. The molecule has 1 saturated heterocycles. The number of likely N-dealkylation sites (tertiary alicyclic amines) is 1. The van der Waals surface area contributed by atoms with E-state index >= 15 is 0 Å². The van der Waals surface area contributed by atoms with E-state index in [1.54, 1.807) is 12.4 Å². The monoisotopic (exact) mass is 268 g/mol. The molecule has 1 N–H and O–H groups in total. The van der Waals surface area contributed by atoms with Gasteiger partial charge in [0.25, 0.3) is 5.91 Å². The Morgan fingerprint density at radius 1 is 1.72 bits per heavy atom. The highest BCUT2D eigenvalue weighted by Crippen LogP contribution is 2.26. The summed E-state index contributed by atoms with van der Waals surface area (Å²) in [6.07, 6.45) is 3.14. The third kappa shape index (κ3) is 2.72. The first-order chi connectivity index (χ1) is 8.63. The van der Waals surface area contributed by atoms with E-state index in [0.717, 1.165) is 36.4 Å². The topological polar surface area (TPSA) is 53.4 Å². The highest BCUT2D eigenvalue weighted by Gasteiger charge is 2.31. The van der Waals surface area contributed by atoms with E-state index in [2.05, 4.69) is 4.98 Å². The fourth-order valence-electron chi connectivity index (χ4n) is 2.57. The van der Waals surface area contributed by atoms with Gasteiger partial charge in [0.2, 0.25) is 0 Å². The highest BCUT2D eigenvalue weighted by atomic mass is 32.1. The molecule has 1 aliphatic rings. The van der Waals surface area contributed by atoms with Crippen molar-refractivity contribution >= 4 is 17.2 Å². The maximum atomic E-state index is 12.5. The van der Waals surface area contributed by atoms with Crippen molar-refractivity contribution in [3.63, 3.8) is 0 Å². The number of carbonyl (C=O) groups is 1. The lowest BCUT2D eigenvalue weighted by Crippen LogP contribution is -2.37. The summed E-state index contributed by atoms with van der Waals surface area (Å²) in [6, 6.07) is 0.185. The quantitative estimate of drug-likeness (QED) is 0.909. The van der Waals surface area contributed by atoms with Gasteiger partial charge in [0.05, 0.1) is 17.3 Å². The normalized spacial score (nSPS) is 21.3. The van der Waals surface area contributed by atoms with Gasteiger partial charge in [-0.15, -0.1) is 11.3 Å². The van der Waals surface area contributed by atoms with Gasteiger partial charge in [-0.2, -0.15) is 0 Å². The zero-order valence-corrected chi connectivity index (χ0v) is 11.7. The Kier molecular flexibility index (Phi) is 4.35. The lowest BCUT2D eigenvalue weighted by atomic mass is 10.1. The number of rotatable bonds is 4. The Hall–Kier alpha value is -0.940. The molecule has 100 valence electrons. The third-order valence-electron chi connectivity index (χ3n) is 3.42. The van der Waals surface area contributed by atoms with Crippen LogP contribution < -0.4 is 0 Å². The first-order valence-corrected chi connectivity index (χ1v) is 7.42. The van der Waals surface area contributed by atoms with E-state index in [0.29, 0.717) is 6.42 Å². The summed E-state index contributed by atoms with van der Waals surface area (Å²) >= 11 is 1.43. The molecule has 0 radical (unpaired) electrons. The van der Waals surface area contributed by atoms with Gasteiger partial charge in [0, 0.05) is 12.6 Å². The Bertz CT molecular complexity index is 417. The van der Waals surface area contributed by atoms with Crippen molar-refractivity contribution in [3.8, 4) is 0 Å². The average molecular weight is 268 g/mol. The van der Waals surface area contributed by atoms with Crippen LogP contribution in [0.1, 0.15) is 48.5 Å². The molecule has 2 unspecified atom stereocenters. The van der Waals surface area contributed by atoms with Gasteiger partial charge < -0.3 is 10.0 Å². The van der Waals surface area contributed by atoms with Crippen molar-refractivity contribution in [1.29, 1.82) is 0 Å². The van der Waals surface area contributed by atoms with E-state index in [9.17, 15) is 9.90 Å². The minimum atomic E-state index is -0.351. The maximum Gasteiger partial charge on any atom is 0.266 e. The third-order valence-corrected chi connectivity index (χ3v) is 4.28. The Morgan fingerprint density at radius 2 is 2.50 bits per heavy atom. The molecule has 0 aliphatic carbocycles. The van der Waals surface area contributed by atoms with Crippen LogP contribution in [0.2, 0.25) is 0 Å². The second kappa shape index (κ2) is 5.80. The van der Waals surface area contributed by atoms with Crippen molar-refractivity contribution in [2.45, 2.75) is 51.7 Å². The summed E-state index contributed by atoms with van der Waals surface area (Å²) in [5.41, 5.74) is 2.64. The molecule has 1 aliphatic heterocycles. The standard InChI is InChI=1S/C13H20N2O2S/c1-3-11-12(18-8-14-11)13(17)15-6-4-5-10(15)7-9(2)16/h8-10,16H,3-7H2,1-2H3. The number of hydrogen-bond acceptors (Lipinski definition) is 4. The number of amides is 1. The van der Waals surface area contributed by atoms with E-state index in [-0.39, 0.29) is 18.1 Å². The second-order valence-corrected chi connectivity index (χ2v) is 5.72. The molecule has 4 nitrogen and oxygen atoms in total. The number of carbonyl (C=O) groups excluding carboxylic acids is 1. The molecule has 2 atom stereocenters. The molecular formula is C13H20N2O2S. The highest BCUT2D eigenvalue weighted by molar-refractivity contribution is 7.11. The Balaban J connectivity index is 2.13. The smallest absolute Gasteiger partial charge is 0.266 e. The van der Waals surface area contributed by atoms with Crippen LogP contribution in [0.25, 0.3) is 0 Å². The minimum Gasteiger partial charge on any atom is -0.393 e. The van der Waals surface area contributed by atoms with Gasteiger partial charge >= 0.3 is 0 Å². The molecule has 18 heavy (non-hydrogen) atoms. The summed E-state index contributed by atoms with van der Waals surface area (Å²) in [4.78, 5) is 19.4. The van der Waals surface area contributed by atoms with E-state index in [1.807, 2.05) is 11.8 Å². The van der Waals surface area contributed by atoms with Crippen LogP contribution in [0, 0.1) is 0 Å². The lowest BCUT2D eigenvalue weighted by Gasteiger charge is -2.25. The first kappa shape index (κ1) is 13.5. The van der Waals surface area contributed by atoms with E-state index < -0.39 is 0 Å². The average Bonchev–Trinajstić information content (AvgIpc) is 2.95. The summed E-state index contributed by atoms with van der Waals surface area (Å²) in [7, 11) is 0. The molecule has 1 aromatic heterocycles. The summed E-state index contributed by atoms with van der Waals surface area (Å²) < 4.78 is 0. The van der Waals surface area contributed by atoms with Crippen LogP contribution in [0.4, 0.5) is 0 Å². The second-order valence-electron chi connectivity index (χ2n) is 4.86.